The van der Waals surface area contributed by atoms with Crippen LogP contribution >= 0.6 is 23.5 Å². The number of thioether (sulfide) groups is 2. The maximum absolute atomic E-state index is 11.3. The lowest BCUT2D eigenvalue weighted by Crippen LogP contribution is -2.20. The molecule has 3 nitrogen and oxygen atoms in total. The molecule has 0 aliphatic rings. The Morgan fingerprint density at radius 3 is 2.78 bits per heavy atom. The van der Waals surface area contributed by atoms with E-state index in [4.69, 9.17) is 0 Å². The highest BCUT2D eigenvalue weighted by molar-refractivity contribution is 7.99. The number of carboxylic acids is 1. The Hall–Kier alpha value is -0.810. The monoisotopic (exact) mass is 285 g/mol. The smallest absolute Gasteiger partial charge is 0.338 e. The number of anilines is 1. The molecule has 2 N–H and O–H groups in total. The third-order valence-electron chi connectivity index (χ3n) is 2.43. The molecule has 1 aromatic carbocycles. The standard InChI is InChI=1S/C13H19NO2S2/c1-4-18-8-9(2)14-10-6-5-7-11(17-3)12(10)13(15)16/h5-7,9,14H,4,8H2,1-3H3,(H,15,16). The average molecular weight is 285 g/mol. The van der Waals surface area contributed by atoms with Crippen LogP contribution in [0.2, 0.25) is 0 Å². The number of aromatic carboxylic acids is 1. The fraction of sp³-hybridized carbons (Fsp3) is 0.462. The van der Waals surface area contributed by atoms with Crippen molar-refractivity contribution in [3.05, 3.63) is 23.8 Å². The maximum Gasteiger partial charge on any atom is 0.338 e. The molecular formula is C13H19NO2S2. The van der Waals surface area contributed by atoms with Crippen LogP contribution in [0.5, 0.6) is 0 Å². The van der Waals surface area contributed by atoms with Gasteiger partial charge in [0.15, 0.2) is 0 Å². The largest absolute Gasteiger partial charge is 0.478 e. The van der Waals surface area contributed by atoms with Crippen LogP contribution in [-0.2, 0) is 0 Å². The summed E-state index contributed by atoms with van der Waals surface area (Å²) in [7, 11) is 0. The molecule has 0 aromatic heterocycles. The lowest BCUT2D eigenvalue weighted by atomic mass is 10.1. The lowest BCUT2D eigenvalue weighted by Gasteiger charge is -2.17. The SMILES string of the molecule is CCSCC(C)Nc1cccc(SC)c1C(=O)O. The van der Waals surface area contributed by atoms with E-state index < -0.39 is 5.97 Å². The Kier molecular flexibility index (Phi) is 6.43. The van der Waals surface area contributed by atoms with Crippen molar-refractivity contribution >= 4 is 35.2 Å². The number of carbonyl (C=O) groups is 1. The molecule has 100 valence electrons. The Bertz CT molecular complexity index is 410. The number of hydrogen-bond acceptors (Lipinski definition) is 4. The third kappa shape index (κ3) is 4.14. The Morgan fingerprint density at radius 2 is 2.22 bits per heavy atom. The van der Waals surface area contributed by atoms with E-state index in [1.807, 2.05) is 36.2 Å². The molecule has 0 saturated carbocycles. The molecule has 0 amide bonds. The van der Waals surface area contributed by atoms with Crippen molar-refractivity contribution in [1.29, 1.82) is 0 Å². The Balaban J connectivity index is 2.90. The Labute approximate surface area is 117 Å². The van der Waals surface area contributed by atoms with Gasteiger partial charge in [-0.2, -0.15) is 11.8 Å². The van der Waals surface area contributed by atoms with Gasteiger partial charge in [-0.25, -0.2) is 4.79 Å². The number of carboxylic acid groups (broad SMARTS) is 1. The van der Waals surface area contributed by atoms with Gasteiger partial charge in [0.25, 0.3) is 0 Å². The van der Waals surface area contributed by atoms with Crippen LogP contribution in [0.4, 0.5) is 5.69 Å². The molecule has 1 atom stereocenters. The van der Waals surface area contributed by atoms with Crippen LogP contribution in [0, 0.1) is 0 Å². The van der Waals surface area contributed by atoms with Crippen molar-refractivity contribution in [1.82, 2.24) is 0 Å². The van der Waals surface area contributed by atoms with Crippen LogP contribution in [0.15, 0.2) is 23.1 Å². The molecule has 0 heterocycles. The molecule has 0 saturated heterocycles. The molecule has 5 heteroatoms. The zero-order valence-electron chi connectivity index (χ0n) is 10.9. The molecule has 0 spiro atoms. The zero-order chi connectivity index (χ0) is 13.5. The molecule has 1 unspecified atom stereocenters. The summed E-state index contributed by atoms with van der Waals surface area (Å²) in [6, 6.07) is 5.81. The second kappa shape index (κ2) is 7.59. The quantitative estimate of drug-likeness (QED) is 0.749. The van der Waals surface area contributed by atoms with Crippen LogP contribution in [0.1, 0.15) is 24.2 Å². The second-order valence-corrected chi connectivity index (χ2v) is 6.06. The first-order valence-electron chi connectivity index (χ1n) is 5.84. The fourth-order valence-corrected chi connectivity index (χ4v) is 2.93. The van der Waals surface area contributed by atoms with Gasteiger partial charge in [0, 0.05) is 16.7 Å². The van der Waals surface area contributed by atoms with Crippen LogP contribution in [-0.4, -0.2) is 34.9 Å². The van der Waals surface area contributed by atoms with E-state index in [0.29, 0.717) is 11.3 Å². The highest BCUT2D eigenvalue weighted by atomic mass is 32.2. The van der Waals surface area contributed by atoms with E-state index >= 15 is 0 Å². The van der Waals surface area contributed by atoms with Crippen molar-refractivity contribution in [2.75, 3.05) is 23.1 Å². The molecule has 0 bridgehead atoms. The van der Waals surface area contributed by atoms with Gasteiger partial charge in [-0.15, -0.1) is 11.8 Å². The normalized spacial score (nSPS) is 12.2. The summed E-state index contributed by atoms with van der Waals surface area (Å²) in [5.74, 6) is 1.17. The highest BCUT2D eigenvalue weighted by Gasteiger charge is 2.16. The van der Waals surface area contributed by atoms with Gasteiger partial charge < -0.3 is 10.4 Å². The number of nitrogens with one attached hydrogen (secondary N) is 1. The molecule has 0 aliphatic carbocycles. The second-order valence-electron chi connectivity index (χ2n) is 3.89. The lowest BCUT2D eigenvalue weighted by molar-refractivity contribution is 0.0694. The van der Waals surface area contributed by atoms with Gasteiger partial charge in [-0.3, -0.25) is 0 Å². The Morgan fingerprint density at radius 1 is 1.50 bits per heavy atom. The summed E-state index contributed by atoms with van der Waals surface area (Å²) < 4.78 is 0. The van der Waals surface area contributed by atoms with Gasteiger partial charge in [0.2, 0.25) is 0 Å². The van der Waals surface area contributed by atoms with Gasteiger partial charge in [-0.1, -0.05) is 13.0 Å². The summed E-state index contributed by atoms with van der Waals surface area (Å²) in [5, 5.41) is 12.6. The van der Waals surface area contributed by atoms with Gasteiger partial charge >= 0.3 is 5.97 Å². The minimum Gasteiger partial charge on any atom is -0.478 e. The van der Waals surface area contributed by atoms with E-state index in [-0.39, 0.29) is 6.04 Å². The van der Waals surface area contributed by atoms with E-state index in [9.17, 15) is 9.90 Å². The van der Waals surface area contributed by atoms with Crippen LogP contribution in [0.3, 0.4) is 0 Å². The summed E-state index contributed by atoms with van der Waals surface area (Å²) >= 11 is 3.30. The third-order valence-corrected chi connectivity index (χ3v) is 4.36. The summed E-state index contributed by atoms with van der Waals surface area (Å²) in [5.41, 5.74) is 1.08. The first kappa shape index (κ1) is 15.2. The van der Waals surface area contributed by atoms with Crippen LogP contribution < -0.4 is 5.32 Å². The van der Waals surface area contributed by atoms with Crippen molar-refractivity contribution in [3.8, 4) is 0 Å². The van der Waals surface area contributed by atoms with E-state index in [1.165, 1.54) is 11.8 Å². The summed E-state index contributed by atoms with van der Waals surface area (Å²) in [4.78, 5) is 12.1. The highest BCUT2D eigenvalue weighted by Crippen LogP contribution is 2.27. The van der Waals surface area contributed by atoms with E-state index in [2.05, 4.69) is 19.2 Å². The van der Waals surface area contributed by atoms with Crippen LogP contribution in [0.25, 0.3) is 0 Å². The number of rotatable bonds is 7. The predicted octanol–water partition coefficient (Wildman–Crippen LogP) is 3.66. The fourth-order valence-electron chi connectivity index (χ4n) is 1.64. The topological polar surface area (TPSA) is 49.3 Å². The number of hydrogen-bond donors (Lipinski definition) is 2. The molecule has 1 rings (SSSR count). The minimum atomic E-state index is -0.877. The molecule has 1 aromatic rings. The average Bonchev–Trinajstić information content (AvgIpc) is 2.35. The minimum absolute atomic E-state index is 0.255. The molecule has 18 heavy (non-hydrogen) atoms. The molecule has 0 fully saturated rings. The first-order valence-corrected chi connectivity index (χ1v) is 8.22. The van der Waals surface area contributed by atoms with Gasteiger partial charge in [0.05, 0.1) is 11.3 Å². The zero-order valence-corrected chi connectivity index (χ0v) is 12.5. The van der Waals surface area contributed by atoms with E-state index in [1.54, 1.807) is 0 Å². The molecule has 0 aliphatic heterocycles. The van der Waals surface area contributed by atoms with Gasteiger partial charge in [-0.05, 0) is 31.1 Å². The maximum atomic E-state index is 11.3. The predicted molar refractivity (Wildman–Crippen MR) is 81.3 cm³/mol. The number of benzene rings is 1. The van der Waals surface area contributed by atoms with E-state index in [0.717, 1.165) is 16.4 Å². The van der Waals surface area contributed by atoms with Crippen molar-refractivity contribution in [2.45, 2.75) is 24.8 Å². The summed E-state index contributed by atoms with van der Waals surface area (Å²) in [6.07, 6.45) is 1.89. The van der Waals surface area contributed by atoms with Gasteiger partial charge in [0.1, 0.15) is 0 Å². The molecular weight excluding hydrogens is 266 g/mol. The first-order chi connectivity index (χ1) is 8.60. The van der Waals surface area contributed by atoms with Crippen molar-refractivity contribution in [2.24, 2.45) is 0 Å². The van der Waals surface area contributed by atoms with Crippen molar-refractivity contribution < 1.29 is 9.90 Å². The molecule has 0 radical (unpaired) electrons. The summed E-state index contributed by atoms with van der Waals surface area (Å²) in [6.45, 7) is 4.19. The van der Waals surface area contributed by atoms with Crippen molar-refractivity contribution in [3.63, 3.8) is 0 Å².